The predicted octanol–water partition coefficient (Wildman–Crippen LogP) is 3.36. The zero-order chi connectivity index (χ0) is 19.8. The van der Waals surface area contributed by atoms with Gasteiger partial charge >= 0.3 is 0 Å². The fourth-order valence-electron chi connectivity index (χ4n) is 3.66. The number of aromatic amines is 1. The van der Waals surface area contributed by atoms with Gasteiger partial charge in [-0.2, -0.15) is 0 Å². The van der Waals surface area contributed by atoms with Gasteiger partial charge in [-0.3, -0.25) is 9.79 Å². The van der Waals surface area contributed by atoms with Gasteiger partial charge in [0, 0.05) is 30.9 Å². The standard InChI is InChI=1S/C20H28N6O/c1-11(2)25-19(27)13-9-23-18-17(13)26-15(10-24-18)16(21)12-8-20(3,4)7-6-14(12)22-5/h9-12,21H,6-8H2,1-5H3,(H,23,24)(H,25,27). The molecule has 1 saturated carbocycles. The van der Waals surface area contributed by atoms with E-state index in [9.17, 15) is 4.79 Å². The van der Waals surface area contributed by atoms with Crippen LogP contribution in [0.2, 0.25) is 0 Å². The number of hydrogen-bond acceptors (Lipinski definition) is 5. The summed E-state index contributed by atoms with van der Waals surface area (Å²) in [4.78, 5) is 28.9. The van der Waals surface area contributed by atoms with Crippen LogP contribution in [-0.2, 0) is 0 Å². The van der Waals surface area contributed by atoms with Gasteiger partial charge < -0.3 is 15.7 Å². The molecule has 1 aliphatic carbocycles. The number of aliphatic imine (C=N–C) groups is 1. The first-order valence-corrected chi connectivity index (χ1v) is 9.41. The molecular weight excluding hydrogens is 340 g/mol. The SMILES string of the molecule is CN=C1CCC(C)(C)CC1C(=N)c1cnc2[nH]cc(C(=O)NC(C)C)c2n1. The molecule has 1 amide bonds. The van der Waals surface area contributed by atoms with Gasteiger partial charge in [0.25, 0.3) is 5.91 Å². The van der Waals surface area contributed by atoms with Crippen molar-refractivity contribution in [2.45, 2.75) is 53.0 Å². The largest absolute Gasteiger partial charge is 0.350 e. The minimum atomic E-state index is -0.191. The average molecular weight is 368 g/mol. The molecule has 3 N–H and O–H groups in total. The molecule has 0 saturated heterocycles. The van der Waals surface area contributed by atoms with Crippen LogP contribution in [0, 0.1) is 16.7 Å². The van der Waals surface area contributed by atoms with Gasteiger partial charge in [-0.25, -0.2) is 9.97 Å². The molecular formula is C20H28N6O. The van der Waals surface area contributed by atoms with Crippen molar-refractivity contribution in [3.63, 3.8) is 0 Å². The average Bonchev–Trinajstić information content (AvgIpc) is 3.03. The lowest BCUT2D eigenvalue weighted by atomic mass is 9.69. The second-order valence-corrected chi connectivity index (χ2v) is 8.33. The number of nitrogens with one attached hydrogen (secondary N) is 3. The maximum Gasteiger partial charge on any atom is 0.255 e. The van der Waals surface area contributed by atoms with E-state index in [0.717, 1.165) is 25.0 Å². The van der Waals surface area contributed by atoms with Crippen LogP contribution in [0.15, 0.2) is 17.4 Å². The first kappa shape index (κ1) is 19.2. The molecule has 7 heteroatoms. The monoisotopic (exact) mass is 368 g/mol. The minimum absolute atomic E-state index is 0.0321. The van der Waals surface area contributed by atoms with E-state index in [-0.39, 0.29) is 23.3 Å². The van der Waals surface area contributed by atoms with Gasteiger partial charge in [0.15, 0.2) is 5.65 Å². The lowest BCUT2D eigenvalue weighted by Crippen LogP contribution is -2.35. The lowest BCUT2D eigenvalue weighted by Gasteiger charge is -2.36. The van der Waals surface area contributed by atoms with Crippen LogP contribution < -0.4 is 5.32 Å². The van der Waals surface area contributed by atoms with Gasteiger partial charge in [-0.15, -0.1) is 0 Å². The number of nitrogens with zero attached hydrogens (tertiary/aromatic N) is 3. The van der Waals surface area contributed by atoms with Crippen LogP contribution in [-0.4, -0.2) is 45.4 Å². The van der Waals surface area contributed by atoms with Gasteiger partial charge in [0.1, 0.15) is 11.2 Å². The number of rotatable bonds is 4. The Labute approximate surface area is 159 Å². The normalized spacial score (nSPS) is 21.0. The van der Waals surface area contributed by atoms with Crippen LogP contribution in [0.4, 0.5) is 0 Å². The van der Waals surface area contributed by atoms with Gasteiger partial charge in [-0.1, -0.05) is 13.8 Å². The number of aromatic nitrogens is 3. The van der Waals surface area contributed by atoms with E-state index in [2.05, 4.69) is 39.1 Å². The van der Waals surface area contributed by atoms with Crippen molar-refractivity contribution in [2.24, 2.45) is 16.3 Å². The Morgan fingerprint density at radius 1 is 1.44 bits per heavy atom. The zero-order valence-electron chi connectivity index (χ0n) is 16.7. The molecule has 1 fully saturated rings. The highest BCUT2D eigenvalue weighted by molar-refractivity contribution is 6.14. The first-order chi connectivity index (χ1) is 12.7. The summed E-state index contributed by atoms with van der Waals surface area (Å²) in [7, 11) is 1.79. The molecule has 7 nitrogen and oxygen atoms in total. The third kappa shape index (κ3) is 3.91. The molecule has 0 spiro atoms. The summed E-state index contributed by atoms with van der Waals surface area (Å²) in [6, 6.07) is 0.0321. The Morgan fingerprint density at radius 3 is 2.85 bits per heavy atom. The highest BCUT2D eigenvalue weighted by atomic mass is 16.1. The summed E-state index contributed by atoms with van der Waals surface area (Å²) in [5.74, 6) is -0.249. The fraction of sp³-hybridized carbons (Fsp3) is 0.550. The molecule has 144 valence electrons. The smallest absolute Gasteiger partial charge is 0.255 e. The lowest BCUT2D eigenvalue weighted by molar-refractivity contribution is 0.0944. The van der Waals surface area contributed by atoms with Crippen molar-refractivity contribution >= 4 is 28.5 Å². The number of H-pyrrole nitrogens is 1. The number of carbonyl (C=O) groups is 1. The highest BCUT2D eigenvalue weighted by Crippen LogP contribution is 2.38. The van der Waals surface area contributed by atoms with Crippen LogP contribution in [0.25, 0.3) is 11.2 Å². The van der Waals surface area contributed by atoms with Gasteiger partial charge in [-0.05, 0) is 38.5 Å². The zero-order valence-corrected chi connectivity index (χ0v) is 16.7. The molecule has 1 unspecified atom stereocenters. The molecule has 1 aliphatic rings. The van der Waals surface area contributed by atoms with E-state index < -0.39 is 0 Å². The van der Waals surface area contributed by atoms with Crippen molar-refractivity contribution in [3.8, 4) is 0 Å². The Morgan fingerprint density at radius 2 is 2.19 bits per heavy atom. The van der Waals surface area contributed by atoms with Crippen molar-refractivity contribution in [1.82, 2.24) is 20.3 Å². The maximum atomic E-state index is 12.4. The van der Waals surface area contributed by atoms with Crippen molar-refractivity contribution in [1.29, 1.82) is 5.41 Å². The summed E-state index contributed by atoms with van der Waals surface area (Å²) in [5.41, 5.74) is 3.65. The van der Waals surface area contributed by atoms with Crippen molar-refractivity contribution in [2.75, 3.05) is 7.05 Å². The highest BCUT2D eigenvalue weighted by Gasteiger charge is 2.35. The van der Waals surface area contributed by atoms with E-state index >= 15 is 0 Å². The summed E-state index contributed by atoms with van der Waals surface area (Å²) >= 11 is 0. The Bertz CT molecular complexity index is 908. The third-order valence-corrected chi connectivity index (χ3v) is 5.17. The van der Waals surface area contributed by atoms with Crippen LogP contribution in [0.5, 0.6) is 0 Å². The summed E-state index contributed by atoms with van der Waals surface area (Å²) in [5, 5.41) is 11.6. The molecule has 27 heavy (non-hydrogen) atoms. The third-order valence-electron chi connectivity index (χ3n) is 5.17. The van der Waals surface area contributed by atoms with E-state index in [1.165, 1.54) is 0 Å². The fourth-order valence-corrected chi connectivity index (χ4v) is 3.66. The first-order valence-electron chi connectivity index (χ1n) is 9.41. The van der Waals surface area contributed by atoms with Crippen LogP contribution in [0.3, 0.4) is 0 Å². The second kappa shape index (κ2) is 7.21. The van der Waals surface area contributed by atoms with Crippen LogP contribution in [0.1, 0.15) is 63.0 Å². The molecule has 2 aromatic rings. The molecule has 0 aromatic carbocycles. The molecule has 3 rings (SSSR count). The summed E-state index contributed by atoms with van der Waals surface area (Å²) in [6.45, 7) is 8.29. The quantitative estimate of drug-likeness (QED) is 0.720. The molecule has 0 aliphatic heterocycles. The van der Waals surface area contributed by atoms with E-state index in [4.69, 9.17) is 5.41 Å². The second-order valence-electron chi connectivity index (χ2n) is 8.33. The number of amides is 1. The summed E-state index contributed by atoms with van der Waals surface area (Å²) < 4.78 is 0. The maximum absolute atomic E-state index is 12.4. The molecule has 2 heterocycles. The van der Waals surface area contributed by atoms with Crippen molar-refractivity contribution in [3.05, 3.63) is 23.7 Å². The summed E-state index contributed by atoms with van der Waals surface area (Å²) in [6.07, 6.45) is 6.08. The van der Waals surface area contributed by atoms with E-state index in [1.54, 1.807) is 19.4 Å². The number of hydrogen-bond donors (Lipinski definition) is 3. The number of carbonyl (C=O) groups excluding carboxylic acids is 1. The van der Waals surface area contributed by atoms with E-state index in [1.807, 2.05) is 13.8 Å². The van der Waals surface area contributed by atoms with Gasteiger partial charge in [0.2, 0.25) is 0 Å². The van der Waals surface area contributed by atoms with E-state index in [0.29, 0.717) is 28.1 Å². The molecule has 1 atom stereocenters. The number of fused-ring (bicyclic) bond motifs is 1. The Kier molecular flexibility index (Phi) is 5.13. The predicted molar refractivity (Wildman–Crippen MR) is 108 cm³/mol. The molecule has 0 radical (unpaired) electrons. The van der Waals surface area contributed by atoms with Gasteiger partial charge in [0.05, 0.1) is 17.5 Å². The van der Waals surface area contributed by atoms with Crippen LogP contribution >= 0.6 is 0 Å². The molecule has 0 bridgehead atoms. The Hall–Kier alpha value is -2.57. The topological polar surface area (TPSA) is 107 Å². The van der Waals surface area contributed by atoms with Crippen molar-refractivity contribution < 1.29 is 4.79 Å². The molecule has 2 aromatic heterocycles. The Balaban J connectivity index is 1.96. The minimum Gasteiger partial charge on any atom is -0.350 e.